The Balaban J connectivity index is 1.39. The largest absolute Gasteiger partial charge is 0.494 e. The molecule has 3 saturated heterocycles. The van der Waals surface area contributed by atoms with Crippen LogP contribution < -0.4 is 9.64 Å². The highest BCUT2D eigenvalue weighted by atomic mass is 32.2. The molecule has 1 aromatic rings. The number of fused-ring (bicyclic) bond motifs is 2. The molecule has 250 valence electrons. The van der Waals surface area contributed by atoms with Crippen LogP contribution in [0.1, 0.15) is 34.1 Å². The van der Waals surface area contributed by atoms with Crippen molar-refractivity contribution in [2.45, 2.75) is 55.7 Å². The van der Waals surface area contributed by atoms with Gasteiger partial charge in [0.1, 0.15) is 11.8 Å². The number of nitrogens with zero attached hydrogens (tertiary/aromatic N) is 4. The maximum atomic E-state index is 14.9. The van der Waals surface area contributed by atoms with Crippen molar-refractivity contribution in [1.29, 1.82) is 0 Å². The van der Waals surface area contributed by atoms with Gasteiger partial charge in [-0.3, -0.25) is 19.3 Å². The molecule has 3 amide bonds. The molecule has 7 atom stereocenters. The Morgan fingerprint density at radius 1 is 0.978 bits per heavy atom. The number of anilines is 1. The molecule has 11 heteroatoms. The summed E-state index contributed by atoms with van der Waals surface area (Å²) in [4.78, 5) is 52.0. The van der Waals surface area contributed by atoms with Gasteiger partial charge in [-0.15, -0.1) is 11.8 Å². The maximum absolute atomic E-state index is 14.9. The number of aliphatic hydroxyl groups excluding tert-OH is 1. The predicted molar refractivity (Wildman–Crippen MR) is 179 cm³/mol. The Morgan fingerprint density at radius 2 is 1.70 bits per heavy atom. The Hall–Kier alpha value is -2.86. The molecule has 0 aromatic heterocycles. The number of aliphatic hydroxyl groups is 1. The number of hydrogen-bond donors (Lipinski definition) is 1. The quantitative estimate of drug-likeness (QED) is 0.385. The summed E-state index contributed by atoms with van der Waals surface area (Å²) in [6.07, 6.45) is 8.92. The molecule has 1 spiro atoms. The molecular formula is C35H48N4O6S. The molecule has 0 aliphatic carbocycles. The first-order valence-corrected chi connectivity index (χ1v) is 17.6. The highest BCUT2D eigenvalue weighted by molar-refractivity contribution is 8.02. The smallest absolute Gasteiger partial charge is 0.247 e. The standard InChI is InChI=1S/C35H48N4O6S/c1-5-24(3)27(23-40)39-30-33(43)37(18-17-36-19-21-44-22-20-36)15-8-14-35(30)29(32(39)42)28-31(41)38(16-7-13-34(28,4)46-35)25-9-11-26(12-10-25)45-6-2/h7-14,24,27-30,40H,5-6,15-23H2,1-4H3/t24-,27-,28+,29-,30?,34-,35-/m0/s1. The van der Waals surface area contributed by atoms with Gasteiger partial charge < -0.3 is 29.3 Å². The summed E-state index contributed by atoms with van der Waals surface area (Å²) in [5.74, 6) is -1.21. The van der Waals surface area contributed by atoms with Gasteiger partial charge in [0.15, 0.2) is 0 Å². The Labute approximate surface area is 276 Å². The van der Waals surface area contributed by atoms with Crippen LogP contribution in [-0.2, 0) is 19.1 Å². The lowest BCUT2D eigenvalue weighted by Gasteiger charge is -2.41. The topological polar surface area (TPSA) is 103 Å². The minimum absolute atomic E-state index is 0.0341. The lowest BCUT2D eigenvalue weighted by atomic mass is 9.74. The summed E-state index contributed by atoms with van der Waals surface area (Å²) in [5.41, 5.74) is 0.738. The summed E-state index contributed by atoms with van der Waals surface area (Å²) in [5, 5.41) is 10.7. The lowest BCUT2D eigenvalue weighted by Crippen LogP contribution is -2.58. The zero-order chi connectivity index (χ0) is 32.6. The van der Waals surface area contributed by atoms with Crippen molar-refractivity contribution in [2.24, 2.45) is 17.8 Å². The van der Waals surface area contributed by atoms with Crippen LogP contribution in [0.4, 0.5) is 5.69 Å². The zero-order valence-corrected chi connectivity index (χ0v) is 28.3. The number of carbonyl (C=O) groups excluding carboxylic acids is 3. The monoisotopic (exact) mass is 652 g/mol. The number of morpholine rings is 1. The maximum Gasteiger partial charge on any atom is 0.247 e. The second kappa shape index (κ2) is 13.3. The van der Waals surface area contributed by atoms with Gasteiger partial charge in [-0.25, -0.2) is 0 Å². The molecule has 5 aliphatic heterocycles. The van der Waals surface area contributed by atoms with Crippen LogP contribution in [0, 0.1) is 17.8 Å². The number of ether oxygens (including phenoxy) is 2. The summed E-state index contributed by atoms with van der Waals surface area (Å²) in [6, 6.07) is 6.13. The molecule has 1 aromatic carbocycles. The van der Waals surface area contributed by atoms with Crippen molar-refractivity contribution in [1.82, 2.24) is 14.7 Å². The van der Waals surface area contributed by atoms with E-state index in [1.54, 1.807) is 21.6 Å². The van der Waals surface area contributed by atoms with E-state index in [0.29, 0.717) is 39.5 Å². The average molecular weight is 653 g/mol. The Kier molecular flexibility index (Phi) is 9.58. The second-order valence-electron chi connectivity index (χ2n) is 13.3. The molecule has 5 aliphatic rings. The van der Waals surface area contributed by atoms with E-state index >= 15 is 0 Å². The SMILES string of the molecule is CCOc1ccc(N2CC=C[C@]3(C)S[C@]45C=CCN(CCN6CCOCC6)C(=O)C4N([C@@H](CO)[C@@H](C)CC)C(=O)[C@@H]5[C@@H]3C2=O)cc1. The summed E-state index contributed by atoms with van der Waals surface area (Å²) >= 11 is 1.58. The average Bonchev–Trinajstić information content (AvgIpc) is 3.33. The Morgan fingerprint density at radius 3 is 2.37 bits per heavy atom. The van der Waals surface area contributed by atoms with Crippen LogP contribution in [0.5, 0.6) is 5.75 Å². The summed E-state index contributed by atoms with van der Waals surface area (Å²) in [7, 11) is 0. The van der Waals surface area contributed by atoms with Crippen LogP contribution in [0.15, 0.2) is 48.6 Å². The number of carbonyl (C=O) groups is 3. The van der Waals surface area contributed by atoms with E-state index in [9.17, 15) is 19.5 Å². The molecule has 5 heterocycles. The number of benzene rings is 1. The fraction of sp³-hybridized carbons (Fsp3) is 0.629. The van der Waals surface area contributed by atoms with Crippen LogP contribution in [0.25, 0.3) is 0 Å². The molecule has 0 bridgehead atoms. The molecule has 6 rings (SSSR count). The fourth-order valence-corrected chi connectivity index (χ4v) is 10.2. The van der Waals surface area contributed by atoms with Crippen LogP contribution >= 0.6 is 11.8 Å². The molecule has 3 fully saturated rings. The zero-order valence-electron chi connectivity index (χ0n) is 27.5. The number of rotatable bonds is 10. The normalized spacial score (nSPS) is 32.6. The van der Waals surface area contributed by atoms with E-state index in [0.717, 1.165) is 37.5 Å². The molecule has 1 N–H and O–H groups in total. The summed E-state index contributed by atoms with van der Waals surface area (Å²) < 4.78 is 9.48. The van der Waals surface area contributed by atoms with Crippen molar-refractivity contribution in [3.8, 4) is 5.75 Å². The van der Waals surface area contributed by atoms with Gasteiger partial charge in [-0.05, 0) is 44.0 Å². The van der Waals surface area contributed by atoms with Gasteiger partial charge in [0, 0.05) is 49.7 Å². The van der Waals surface area contributed by atoms with E-state index in [4.69, 9.17) is 9.47 Å². The third-order valence-corrected chi connectivity index (χ3v) is 12.5. The van der Waals surface area contributed by atoms with Crippen molar-refractivity contribution in [3.05, 3.63) is 48.6 Å². The van der Waals surface area contributed by atoms with E-state index in [1.165, 1.54) is 0 Å². The fourth-order valence-electron chi connectivity index (χ4n) is 8.09. The minimum atomic E-state index is -0.954. The molecule has 1 unspecified atom stereocenters. The van der Waals surface area contributed by atoms with Crippen molar-refractivity contribution < 1.29 is 29.0 Å². The second-order valence-corrected chi connectivity index (χ2v) is 15.1. The van der Waals surface area contributed by atoms with E-state index in [2.05, 4.69) is 17.1 Å². The minimum Gasteiger partial charge on any atom is -0.494 e. The van der Waals surface area contributed by atoms with Gasteiger partial charge in [-0.2, -0.15) is 0 Å². The number of likely N-dealkylation sites (tertiary alicyclic amines) is 1. The lowest BCUT2D eigenvalue weighted by molar-refractivity contribution is -0.147. The van der Waals surface area contributed by atoms with Crippen molar-refractivity contribution in [3.63, 3.8) is 0 Å². The van der Waals surface area contributed by atoms with E-state index in [1.807, 2.05) is 69.0 Å². The van der Waals surface area contributed by atoms with Gasteiger partial charge in [0.25, 0.3) is 0 Å². The van der Waals surface area contributed by atoms with Gasteiger partial charge >= 0.3 is 0 Å². The molecule has 0 saturated carbocycles. The molecular weight excluding hydrogens is 604 g/mol. The molecule has 46 heavy (non-hydrogen) atoms. The number of thioether (sulfide) groups is 1. The summed E-state index contributed by atoms with van der Waals surface area (Å²) in [6.45, 7) is 13.4. The predicted octanol–water partition coefficient (Wildman–Crippen LogP) is 2.81. The van der Waals surface area contributed by atoms with Crippen LogP contribution in [0.3, 0.4) is 0 Å². The van der Waals surface area contributed by atoms with Crippen molar-refractivity contribution >= 4 is 35.2 Å². The third kappa shape index (κ3) is 5.56. The first-order chi connectivity index (χ1) is 22.2. The van der Waals surface area contributed by atoms with Gasteiger partial charge in [0.2, 0.25) is 17.7 Å². The molecule has 0 radical (unpaired) electrons. The highest BCUT2D eigenvalue weighted by Crippen LogP contribution is 2.66. The highest BCUT2D eigenvalue weighted by Gasteiger charge is 2.74. The van der Waals surface area contributed by atoms with E-state index in [-0.39, 0.29) is 30.2 Å². The first kappa shape index (κ1) is 33.1. The number of hydrogen-bond acceptors (Lipinski definition) is 8. The van der Waals surface area contributed by atoms with Crippen LogP contribution in [0.2, 0.25) is 0 Å². The van der Waals surface area contributed by atoms with Crippen molar-refractivity contribution in [2.75, 3.05) is 70.6 Å². The Bertz CT molecular complexity index is 1370. The third-order valence-electron chi connectivity index (χ3n) is 10.7. The van der Waals surface area contributed by atoms with Gasteiger partial charge in [-0.1, -0.05) is 44.6 Å². The van der Waals surface area contributed by atoms with Gasteiger partial charge in [0.05, 0.1) is 49.1 Å². The van der Waals surface area contributed by atoms with Crippen LogP contribution in [-0.4, -0.2) is 125 Å². The first-order valence-electron chi connectivity index (χ1n) is 16.8. The number of amides is 3. The van der Waals surface area contributed by atoms with E-state index < -0.39 is 33.4 Å². The molecule has 10 nitrogen and oxygen atoms in total.